The highest BCUT2D eigenvalue weighted by molar-refractivity contribution is 5.83. The highest BCUT2D eigenvalue weighted by Crippen LogP contribution is 2.33. The first-order valence-electron chi connectivity index (χ1n) is 6.06. The third-order valence-electron chi connectivity index (χ3n) is 3.27. The predicted molar refractivity (Wildman–Crippen MR) is 61.0 cm³/mol. The van der Waals surface area contributed by atoms with Crippen LogP contribution in [-0.4, -0.2) is 23.0 Å². The van der Waals surface area contributed by atoms with Crippen molar-refractivity contribution < 1.29 is 14.7 Å². The first kappa shape index (κ1) is 13.0. The number of hydrogen-bond acceptors (Lipinski definition) is 2. The van der Waals surface area contributed by atoms with Crippen molar-refractivity contribution in [3.63, 3.8) is 0 Å². The van der Waals surface area contributed by atoms with Crippen LogP contribution in [0.1, 0.15) is 46.0 Å². The Hall–Kier alpha value is -1.06. The van der Waals surface area contributed by atoms with Crippen LogP contribution in [0.15, 0.2) is 0 Å². The van der Waals surface area contributed by atoms with Crippen LogP contribution in [-0.2, 0) is 9.59 Å². The number of carboxylic acids is 1. The molecule has 0 bridgehead atoms. The second kappa shape index (κ2) is 5.87. The molecule has 0 saturated heterocycles. The number of carboxylic acid groups (broad SMARTS) is 1. The lowest BCUT2D eigenvalue weighted by molar-refractivity contribution is -0.143. The van der Waals surface area contributed by atoms with E-state index in [2.05, 4.69) is 5.32 Å². The Balaban J connectivity index is 2.33. The fraction of sp³-hybridized carbons (Fsp3) is 0.833. The minimum atomic E-state index is -0.936. The van der Waals surface area contributed by atoms with E-state index in [9.17, 15) is 9.59 Å². The zero-order valence-electron chi connectivity index (χ0n) is 10.0. The van der Waals surface area contributed by atoms with Crippen LogP contribution >= 0.6 is 0 Å². The van der Waals surface area contributed by atoms with E-state index in [0.29, 0.717) is 12.3 Å². The summed E-state index contributed by atoms with van der Waals surface area (Å²) < 4.78 is 0. The molecule has 2 unspecified atom stereocenters. The van der Waals surface area contributed by atoms with Gasteiger partial charge in [0.05, 0.1) is 0 Å². The molecule has 0 radical (unpaired) electrons. The fourth-order valence-corrected chi connectivity index (χ4v) is 1.67. The van der Waals surface area contributed by atoms with Crippen LogP contribution in [0.4, 0.5) is 0 Å². The van der Waals surface area contributed by atoms with E-state index < -0.39 is 12.0 Å². The van der Waals surface area contributed by atoms with Crippen molar-refractivity contribution >= 4 is 11.9 Å². The summed E-state index contributed by atoms with van der Waals surface area (Å²) >= 11 is 0. The maximum atomic E-state index is 11.5. The Morgan fingerprint density at radius 3 is 2.50 bits per heavy atom. The van der Waals surface area contributed by atoms with Gasteiger partial charge in [-0.2, -0.15) is 0 Å². The molecular weight excluding hydrogens is 206 g/mol. The maximum Gasteiger partial charge on any atom is 0.326 e. The first-order chi connectivity index (χ1) is 7.54. The van der Waals surface area contributed by atoms with Crippen LogP contribution in [0, 0.1) is 11.8 Å². The molecule has 1 aliphatic carbocycles. The Morgan fingerprint density at radius 2 is 2.06 bits per heavy atom. The summed E-state index contributed by atoms with van der Waals surface area (Å²) in [5.74, 6) is -0.381. The maximum absolute atomic E-state index is 11.5. The van der Waals surface area contributed by atoms with E-state index in [1.54, 1.807) is 0 Å². The van der Waals surface area contributed by atoms with Gasteiger partial charge < -0.3 is 10.4 Å². The van der Waals surface area contributed by atoms with Gasteiger partial charge in [-0.25, -0.2) is 4.79 Å². The van der Waals surface area contributed by atoms with Crippen LogP contribution in [0.2, 0.25) is 0 Å². The number of carbonyl (C=O) groups excluding carboxylic acids is 1. The lowest BCUT2D eigenvalue weighted by atomic mass is 9.99. The minimum absolute atomic E-state index is 0.0256. The minimum Gasteiger partial charge on any atom is -0.480 e. The highest BCUT2D eigenvalue weighted by Gasteiger charge is 2.26. The fourth-order valence-electron chi connectivity index (χ4n) is 1.67. The summed E-state index contributed by atoms with van der Waals surface area (Å²) in [5, 5.41) is 11.6. The van der Waals surface area contributed by atoms with Crippen molar-refractivity contribution in [2.75, 3.05) is 0 Å². The van der Waals surface area contributed by atoms with Crippen LogP contribution in [0.25, 0.3) is 0 Å². The highest BCUT2D eigenvalue weighted by atomic mass is 16.4. The van der Waals surface area contributed by atoms with Crippen molar-refractivity contribution in [3.05, 3.63) is 0 Å². The van der Waals surface area contributed by atoms with Crippen LogP contribution in [0.5, 0.6) is 0 Å². The molecule has 1 amide bonds. The van der Waals surface area contributed by atoms with Gasteiger partial charge in [0, 0.05) is 6.42 Å². The third kappa shape index (κ3) is 4.21. The summed E-state index contributed by atoms with van der Waals surface area (Å²) in [6.45, 7) is 3.77. The molecule has 4 heteroatoms. The van der Waals surface area contributed by atoms with E-state index in [4.69, 9.17) is 5.11 Å². The molecule has 0 aromatic rings. The predicted octanol–water partition coefficient (Wildman–Crippen LogP) is 1.79. The molecule has 92 valence electrons. The Morgan fingerprint density at radius 1 is 1.44 bits per heavy atom. The van der Waals surface area contributed by atoms with Gasteiger partial charge >= 0.3 is 5.97 Å². The van der Waals surface area contributed by atoms with Gasteiger partial charge in [-0.1, -0.05) is 33.1 Å². The molecular formula is C12H21NO3. The van der Waals surface area contributed by atoms with E-state index in [1.807, 2.05) is 13.8 Å². The smallest absolute Gasteiger partial charge is 0.326 e. The van der Waals surface area contributed by atoms with Gasteiger partial charge in [0.15, 0.2) is 0 Å². The average Bonchev–Trinajstić information content (AvgIpc) is 3.05. The van der Waals surface area contributed by atoms with Gasteiger partial charge in [-0.3, -0.25) is 4.79 Å². The largest absolute Gasteiger partial charge is 0.480 e. The second-order valence-corrected chi connectivity index (χ2v) is 4.75. The second-order valence-electron chi connectivity index (χ2n) is 4.75. The van der Waals surface area contributed by atoms with Gasteiger partial charge in [0.2, 0.25) is 5.91 Å². The normalized spacial score (nSPS) is 18.9. The number of rotatable bonds is 7. The Labute approximate surface area is 96.4 Å². The lowest BCUT2D eigenvalue weighted by Crippen LogP contribution is -2.44. The van der Waals surface area contributed by atoms with Crippen molar-refractivity contribution in [3.8, 4) is 0 Å². The van der Waals surface area contributed by atoms with Gasteiger partial charge in [-0.15, -0.1) is 0 Å². The molecule has 0 heterocycles. The van der Waals surface area contributed by atoms with Crippen LogP contribution < -0.4 is 5.32 Å². The molecule has 1 rings (SSSR count). The number of hydrogen-bond donors (Lipinski definition) is 2. The molecule has 4 nitrogen and oxygen atoms in total. The molecule has 16 heavy (non-hydrogen) atoms. The molecule has 0 spiro atoms. The quantitative estimate of drug-likeness (QED) is 0.697. The standard InChI is InChI=1S/C12H21NO3/c1-3-8(2)11(12(15)16)13-10(14)7-6-9-4-5-9/h8-9,11H,3-7H2,1-2H3,(H,13,14)(H,15,16). The zero-order valence-corrected chi connectivity index (χ0v) is 10.0. The summed E-state index contributed by atoms with van der Waals surface area (Å²) in [6.07, 6.45) is 4.56. The topological polar surface area (TPSA) is 66.4 Å². The average molecular weight is 227 g/mol. The number of amides is 1. The van der Waals surface area contributed by atoms with Gasteiger partial charge in [-0.05, 0) is 18.3 Å². The lowest BCUT2D eigenvalue weighted by Gasteiger charge is -2.20. The van der Waals surface area contributed by atoms with E-state index in [0.717, 1.165) is 12.8 Å². The van der Waals surface area contributed by atoms with Gasteiger partial charge in [0.1, 0.15) is 6.04 Å². The number of nitrogens with one attached hydrogen (secondary N) is 1. The van der Waals surface area contributed by atoms with Gasteiger partial charge in [0.25, 0.3) is 0 Å². The SMILES string of the molecule is CCC(C)C(NC(=O)CCC1CC1)C(=O)O. The van der Waals surface area contributed by atoms with E-state index in [-0.39, 0.29) is 11.8 Å². The van der Waals surface area contributed by atoms with Crippen molar-refractivity contribution in [1.29, 1.82) is 0 Å². The number of carbonyl (C=O) groups is 2. The number of aliphatic carboxylic acids is 1. The Kier molecular flexibility index (Phi) is 4.77. The Bertz CT molecular complexity index is 261. The van der Waals surface area contributed by atoms with Crippen molar-refractivity contribution in [2.45, 2.75) is 52.0 Å². The molecule has 1 fully saturated rings. The molecule has 0 aromatic carbocycles. The zero-order chi connectivity index (χ0) is 12.1. The molecule has 2 N–H and O–H groups in total. The molecule has 2 atom stereocenters. The monoisotopic (exact) mass is 227 g/mol. The van der Waals surface area contributed by atoms with Crippen molar-refractivity contribution in [2.24, 2.45) is 11.8 Å². The summed E-state index contributed by atoms with van der Waals surface area (Å²) in [5.41, 5.74) is 0. The van der Waals surface area contributed by atoms with Crippen molar-refractivity contribution in [1.82, 2.24) is 5.32 Å². The summed E-state index contributed by atoms with van der Waals surface area (Å²) in [4.78, 5) is 22.5. The summed E-state index contributed by atoms with van der Waals surface area (Å²) in [6, 6.07) is -0.739. The van der Waals surface area contributed by atoms with E-state index in [1.165, 1.54) is 12.8 Å². The van der Waals surface area contributed by atoms with Crippen LogP contribution in [0.3, 0.4) is 0 Å². The molecule has 1 saturated carbocycles. The molecule has 0 aromatic heterocycles. The third-order valence-corrected chi connectivity index (χ3v) is 3.27. The molecule has 1 aliphatic rings. The first-order valence-corrected chi connectivity index (χ1v) is 6.06. The molecule has 0 aliphatic heterocycles. The van der Waals surface area contributed by atoms with E-state index >= 15 is 0 Å². The summed E-state index contributed by atoms with van der Waals surface area (Å²) in [7, 11) is 0.